The highest BCUT2D eigenvalue weighted by Gasteiger charge is 2.33. The molecule has 2 N–H and O–H groups in total. The summed E-state index contributed by atoms with van der Waals surface area (Å²) in [6.07, 6.45) is 0. The standard InChI is InChI=1S/C15H23N3O2.HI/c1-15(11-19-12-15)10-18-14(16-2)17-8-9-20-13-6-4-3-5-7-13;/h3-7H,8-12H2,1-2H3,(H2,16,17,18);1H. The molecule has 21 heavy (non-hydrogen) atoms. The first-order valence-corrected chi connectivity index (χ1v) is 6.92. The fourth-order valence-corrected chi connectivity index (χ4v) is 1.93. The summed E-state index contributed by atoms with van der Waals surface area (Å²) in [6, 6.07) is 9.80. The van der Waals surface area contributed by atoms with Crippen LogP contribution in [0.2, 0.25) is 0 Å². The lowest BCUT2D eigenvalue weighted by Crippen LogP contribution is -2.51. The number of nitrogens with zero attached hydrogens (tertiary/aromatic N) is 1. The van der Waals surface area contributed by atoms with Gasteiger partial charge in [-0.3, -0.25) is 4.99 Å². The Kier molecular flexibility index (Phi) is 7.81. The van der Waals surface area contributed by atoms with E-state index >= 15 is 0 Å². The average molecular weight is 405 g/mol. The highest BCUT2D eigenvalue weighted by atomic mass is 127. The van der Waals surface area contributed by atoms with Crippen LogP contribution < -0.4 is 15.4 Å². The second kappa shape index (κ2) is 9.09. The fourth-order valence-electron chi connectivity index (χ4n) is 1.93. The van der Waals surface area contributed by atoms with Crippen LogP contribution in [0, 0.1) is 5.41 Å². The van der Waals surface area contributed by atoms with Gasteiger partial charge in [-0.2, -0.15) is 0 Å². The first-order valence-electron chi connectivity index (χ1n) is 6.92. The van der Waals surface area contributed by atoms with Crippen molar-refractivity contribution >= 4 is 29.9 Å². The Hall–Kier alpha value is -1.02. The first-order chi connectivity index (χ1) is 9.72. The van der Waals surface area contributed by atoms with E-state index in [0.717, 1.165) is 31.5 Å². The Morgan fingerprint density at radius 3 is 2.57 bits per heavy atom. The van der Waals surface area contributed by atoms with Crippen molar-refractivity contribution in [3.05, 3.63) is 30.3 Å². The van der Waals surface area contributed by atoms with Crippen LogP contribution in [0.25, 0.3) is 0 Å². The van der Waals surface area contributed by atoms with Crippen LogP contribution in [0.4, 0.5) is 0 Å². The Labute approximate surface area is 143 Å². The molecule has 6 heteroatoms. The minimum absolute atomic E-state index is 0. The van der Waals surface area contributed by atoms with Gasteiger partial charge in [-0.1, -0.05) is 25.1 Å². The Balaban J connectivity index is 0.00000220. The normalized spacial score (nSPS) is 16.4. The number of ether oxygens (including phenoxy) is 2. The third-order valence-corrected chi connectivity index (χ3v) is 3.21. The SMILES string of the molecule is CN=C(NCCOc1ccccc1)NCC1(C)COC1.I. The summed E-state index contributed by atoms with van der Waals surface area (Å²) in [7, 11) is 1.77. The number of guanidine groups is 1. The van der Waals surface area contributed by atoms with E-state index in [4.69, 9.17) is 9.47 Å². The highest BCUT2D eigenvalue weighted by molar-refractivity contribution is 14.0. The first kappa shape index (κ1) is 18.0. The van der Waals surface area contributed by atoms with Crippen LogP contribution in [-0.4, -0.2) is 45.9 Å². The molecule has 0 bridgehead atoms. The van der Waals surface area contributed by atoms with Crippen molar-refractivity contribution in [2.45, 2.75) is 6.92 Å². The molecule has 1 aromatic rings. The van der Waals surface area contributed by atoms with Crippen molar-refractivity contribution in [1.29, 1.82) is 0 Å². The van der Waals surface area contributed by atoms with Crippen LogP contribution in [0.3, 0.4) is 0 Å². The zero-order chi connectivity index (χ0) is 14.3. The molecule has 0 amide bonds. The number of rotatable bonds is 6. The predicted octanol–water partition coefficient (Wildman–Crippen LogP) is 1.88. The molecule has 1 saturated heterocycles. The topological polar surface area (TPSA) is 54.9 Å². The number of nitrogens with one attached hydrogen (secondary N) is 2. The van der Waals surface area contributed by atoms with Gasteiger partial charge in [0.2, 0.25) is 0 Å². The summed E-state index contributed by atoms with van der Waals surface area (Å²) in [5.41, 5.74) is 0.234. The lowest BCUT2D eigenvalue weighted by molar-refractivity contribution is -0.0971. The summed E-state index contributed by atoms with van der Waals surface area (Å²) in [5, 5.41) is 6.55. The Morgan fingerprint density at radius 1 is 1.29 bits per heavy atom. The summed E-state index contributed by atoms with van der Waals surface area (Å²) in [4.78, 5) is 4.19. The molecule has 1 aromatic carbocycles. The number of aliphatic imine (C=N–C) groups is 1. The highest BCUT2D eigenvalue weighted by Crippen LogP contribution is 2.24. The molecule has 1 heterocycles. The van der Waals surface area contributed by atoms with Crippen LogP contribution >= 0.6 is 24.0 Å². The van der Waals surface area contributed by atoms with E-state index in [2.05, 4.69) is 22.5 Å². The van der Waals surface area contributed by atoms with Gasteiger partial charge in [-0.25, -0.2) is 0 Å². The van der Waals surface area contributed by atoms with Crippen molar-refractivity contribution < 1.29 is 9.47 Å². The van der Waals surface area contributed by atoms with Gasteiger partial charge in [-0.05, 0) is 12.1 Å². The monoisotopic (exact) mass is 405 g/mol. The maximum atomic E-state index is 5.61. The maximum absolute atomic E-state index is 5.61. The Bertz CT molecular complexity index is 436. The largest absolute Gasteiger partial charge is 0.492 e. The number of para-hydroxylation sites is 1. The molecular weight excluding hydrogens is 381 g/mol. The van der Waals surface area contributed by atoms with E-state index in [-0.39, 0.29) is 29.4 Å². The van der Waals surface area contributed by atoms with Gasteiger partial charge in [0.15, 0.2) is 5.96 Å². The second-order valence-corrected chi connectivity index (χ2v) is 5.32. The van der Waals surface area contributed by atoms with Crippen molar-refractivity contribution in [2.75, 3.05) is 40.0 Å². The van der Waals surface area contributed by atoms with Crippen molar-refractivity contribution in [3.63, 3.8) is 0 Å². The molecule has 118 valence electrons. The lowest BCUT2D eigenvalue weighted by atomic mass is 9.89. The molecule has 5 nitrogen and oxygen atoms in total. The molecule has 0 aromatic heterocycles. The van der Waals surface area contributed by atoms with Crippen molar-refractivity contribution in [2.24, 2.45) is 10.4 Å². The van der Waals surface area contributed by atoms with E-state index in [9.17, 15) is 0 Å². The molecule has 1 aliphatic rings. The van der Waals surface area contributed by atoms with E-state index in [1.165, 1.54) is 0 Å². The summed E-state index contributed by atoms with van der Waals surface area (Å²) in [6.45, 7) is 6.01. The number of hydrogen-bond acceptors (Lipinski definition) is 3. The molecule has 0 atom stereocenters. The van der Waals surface area contributed by atoms with E-state index < -0.39 is 0 Å². The zero-order valence-electron chi connectivity index (χ0n) is 12.6. The van der Waals surface area contributed by atoms with Gasteiger partial charge in [0.25, 0.3) is 0 Å². The molecule has 0 saturated carbocycles. The molecule has 1 aliphatic heterocycles. The second-order valence-electron chi connectivity index (χ2n) is 5.32. The van der Waals surface area contributed by atoms with Gasteiger partial charge in [0.1, 0.15) is 12.4 Å². The van der Waals surface area contributed by atoms with Gasteiger partial charge in [0, 0.05) is 19.0 Å². The zero-order valence-corrected chi connectivity index (χ0v) is 14.9. The van der Waals surface area contributed by atoms with Gasteiger partial charge in [0.05, 0.1) is 19.8 Å². The smallest absolute Gasteiger partial charge is 0.191 e. The van der Waals surface area contributed by atoms with Crippen molar-refractivity contribution in [1.82, 2.24) is 10.6 Å². The van der Waals surface area contributed by atoms with Gasteiger partial charge < -0.3 is 20.1 Å². The molecular formula is C15H24IN3O2. The van der Waals surface area contributed by atoms with E-state index in [1.807, 2.05) is 30.3 Å². The Morgan fingerprint density at radius 2 is 2.00 bits per heavy atom. The quantitative estimate of drug-likeness (QED) is 0.329. The predicted molar refractivity (Wildman–Crippen MR) is 95.6 cm³/mol. The number of benzene rings is 1. The summed E-state index contributed by atoms with van der Waals surface area (Å²) >= 11 is 0. The average Bonchev–Trinajstić information content (AvgIpc) is 2.45. The molecule has 1 fully saturated rings. The van der Waals surface area contributed by atoms with Gasteiger partial charge >= 0.3 is 0 Å². The third kappa shape index (κ3) is 6.09. The van der Waals surface area contributed by atoms with Gasteiger partial charge in [-0.15, -0.1) is 24.0 Å². The summed E-state index contributed by atoms with van der Waals surface area (Å²) in [5.74, 6) is 1.69. The molecule has 0 radical (unpaired) electrons. The lowest BCUT2D eigenvalue weighted by Gasteiger charge is -2.38. The molecule has 0 aliphatic carbocycles. The minimum atomic E-state index is 0. The number of hydrogen-bond donors (Lipinski definition) is 2. The fraction of sp³-hybridized carbons (Fsp3) is 0.533. The van der Waals surface area contributed by atoms with Crippen LogP contribution in [0.1, 0.15) is 6.92 Å². The maximum Gasteiger partial charge on any atom is 0.191 e. The molecule has 0 spiro atoms. The van der Waals surface area contributed by atoms with E-state index in [1.54, 1.807) is 7.05 Å². The number of halogens is 1. The minimum Gasteiger partial charge on any atom is -0.492 e. The molecule has 0 unspecified atom stereocenters. The van der Waals surface area contributed by atoms with E-state index in [0.29, 0.717) is 13.2 Å². The van der Waals surface area contributed by atoms with Crippen LogP contribution in [0.15, 0.2) is 35.3 Å². The van der Waals surface area contributed by atoms with Crippen LogP contribution in [0.5, 0.6) is 5.75 Å². The van der Waals surface area contributed by atoms with Crippen LogP contribution in [-0.2, 0) is 4.74 Å². The third-order valence-electron chi connectivity index (χ3n) is 3.21. The molecule has 2 rings (SSSR count). The van der Waals surface area contributed by atoms with Crippen molar-refractivity contribution in [3.8, 4) is 5.75 Å². The summed E-state index contributed by atoms with van der Waals surface area (Å²) < 4.78 is 10.8.